The van der Waals surface area contributed by atoms with Gasteiger partial charge in [0.05, 0.1) is 6.26 Å². The zero-order valence-electron chi connectivity index (χ0n) is 6.98. The molecule has 1 fully saturated rings. The van der Waals surface area contributed by atoms with Crippen LogP contribution in [0.4, 0.5) is 0 Å². The van der Waals surface area contributed by atoms with E-state index in [9.17, 15) is 13.2 Å². The van der Waals surface area contributed by atoms with Gasteiger partial charge < -0.3 is 4.90 Å². The van der Waals surface area contributed by atoms with Crippen LogP contribution >= 0.6 is 0 Å². The third-order valence-corrected chi connectivity index (χ3v) is 2.29. The first-order chi connectivity index (χ1) is 5.40. The van der Waals surface area contributed by atoms with Crippen LogP contribution in [-0.4, -0.2) is 38.8 Å². The Kier molecular flexibility index (Phi) is 2.39. The molecule has 1 rings (SSSR count). The first-order valence-corrected chi connectivity index (χ1v) is 5.36. The second kappa shape index (κ2) is 3.02. The third-order valence-electron chi connectivity index (χ3n) is 1.72. The molecule has 0 unspecified atom stereocenters. The lowest BCUT2D eigenvalue weighted by atomic mass is 10.4. The molecular formula is C6H11NO4S. The van der Waals surface area contributed by atoms with Crippen molar-refractivity contribution in [2.45, 2.75) is 19.1 Å². The summed E-state index contributed by atoms with van der Waals surface area (Å²) in [5.74, 6) is -0.0800. The van der Waals surface area contributed by atoms with Crippen LogP contribution in [0.25, 0.3) is 0 Å². The molecule has 1 aliphatic heterocycles. The minimum atomic E-state index is -3.46. The van der Waals surface area contributed by atoms with Gasteiger partial charge in [-0.15, -0.1) is 0 Å². The number of likely N-dealkylation sites (tertiary alicyclic amines) is 1. The predicted molar refractivity (Wildman–Crippen MR) is 41.7 cm³/mol. The Morgan fingerprint density at radius 1 is 1.58 bits per heavy atom. The first kappa shape index (κ1) is 9.47. The van der Waals surface area contributed by atoms with E-state index in [1.807, 2.05) is 0 Å². The van der Waals surface area contributed by atoms with Crippen molar-refractivity contribution in [3.05, 3.63) is 0 Å². The van der Waals surface area contributed by atoms with Gasteiger partial charge in [0.1, 0.15) is 0 Å². The molecule has 0 aromatic rings. The molecule has 6 heteroatoms. The van der Waals surface area contributed by atoms with E-state index in [2.05, 4.69) is 4.18 Å². The highest BCUT2D eigenvalue weighted by atomic mass is 32.2. The van der Waals surface area contributed by atoms with Gasteiger partial charge in [-0.2, -0.15) is 8.42 Å². The van der Waals surface area contributed by atoms with Crippen LogP contribution in [0.15, 0.2) is 0 Å². The number of carbonyl (C=O) groups is 1. The average Bonchev–Trinajstić information content (AvgIpc) is 2.16. The molecule has 0 saturated carbocycles. The minimum absolute atomic E-state index is 0.0800. The Morgan fingerprint density at radius 2 is 2.17 bits per heavy atom. The number of nitrogens with zero attached hydrogens (tertiary/aromatic N) is 1. The second-order valence-electron chi connectivity index (χ2n) is 2.80. The zero-order chi connectivity index (χ0) is 9.35. The smallest absolute Gasteiger partial charge is 0.266 e. The van der Waals surface area contributed by atoms with E-state index < -0.39 is 16.3 Å². The van der Waals surface area contributed by atoms with Crippen LogP contribution in [0.5, 0.6) is 0 Å². The fourth-order valence-corrected chi connectivity index (χ4v) is 1.72. The van der Waals surface area contributed by atoms with Gasteiger partial charge in [-0.3, -0.25) is 4.79 Å². The fraction of sp³-hybridized carbons (Fsp3) is 0.833. The molecule has 1 amide bonds. The topological polar surface area (TPSA) is 63.7 Å². The van der Waals surface area contributed by atoms with E-state index in [4.69, 9.17) is 0 Å². The fourth-order valence-electron chi connectivity index (χ4n) is 1.09. The molecular weight excluding hydrogens is 182 g/mol. The summed E-state index contributed by atoms with van der Waals surface area (Å²) in [4.78, 5) is 12.2. The molecule has 1 saturated heterocycles. The van der Waals surface area contributed by atoms with E-state index in [-0.39, 0.29) is 5.91 Å². The molecule has 1 atom stereocenters. The maximum atomic E-state index is 10.9. The van der Waals surface area contributed by atoms with Crippen molar-refractivity contribution in [1.29, 1.82) is 0 Å². The van der Waals surface area contributed by atoms with Crippen molar-refractivity contribution in [1.82, 2.24) is 4.90 Å². The van der Waals surface area contributed by atoms with Crippen molar-refractivity contribution in [3.63, 3.8) is 0 Å². The summed E-state index contributed by atoms with van der Waals surface area (Å²) in [5.41, 5.74) is 0. The number of hydrogen-bond acceptors (Lipinski definition) is 4. The first-order valence-electron chi connectivity index (χ1n) is 3.54. The van der Waals surface area contributed by atoms with Crippen LogP contribution in [0.1, 0.15) is 12.8 Å². The largest absolute Gasteiger partial charge is 0.319 e. The summed E-state index contributed by atoms with van der Waals surface area (Å²) in [6, 6.07) is 0. The summed E-state index contributed by atoms with van der Waals surface area (Å²) in [7, 11) is -1.92. The Labute approximate surface area is 71.4 Å². The molecule has 0 aromatic heterocycles. The quantitative estimate of drug-likeness (QED) is 0.557. The minimum Gasteiger partial charge on any atom is -0.319 e. The molecule has 0 bridgehead atoms. The summed E-state index contributed by atoms with van der Waals surface area (Å²) in [6.45, 7) is 0. The van der Waals surface area contributed by atoms with Gasteiger partial charge in [-0.1, -0.05) is 0 Å². The van der Waals surface area contributed by atoms with Gasteiger partial charge in [0.15, 0.2) is 6.23 Å². The summed E-state index contributed by atoms with van der Waals surface area (Å²) in [5, 5.41) is 0. The predicted octanol–water partition coefficient (Wildman–Crippen LogP) is -0.459. The van der Waals surface area contributed by atoms with Crippen LogP contribution in [-0.2, 0) is 19.1 Å². The molecule has 0 aliphatic carbocycles. The van der Waals surface area contributed by atoms with Crippen molar-refractivity contribution in [2.24, 2.45) is 0 Å². The normalized spacial score (nSPS) is 25.0. The maximum Gasteiger partial charge on any atom is 0.266 e. The Morgan fingerprint density at radius 3 is 2.50 bits per heavy atom. The molecule has 1 aliphatic rings. The summed E-state index contributed by atoms with van der Waals surface area (Å²) >= 11 is 0. The van der Waals surface area contributed by atoms with Crippen LogP contribution < -0.4 is 0 Å². The molecule has 0 radical (unpaired) electrons. The van der Waals surface area contributed by atoms with Gasteiger partial charge in [0.25, 0.3) is 10.1 Å². The van der Waals surface area contributed by atoms with Gasteiger partial charge in [-0.25, -0.2) is 4.18 Å². The Hall–Kier alpha value is -0.620. The van der Waals surface area contributed by atoms with Gasteiger partial charge >= 0.3 is 0 Å². The van der Waals surface area contributed by atoms with Gasteiger partial charge in [-0.05, 0) is 0 Å². The Balaban J connectivity index is 2.62. The Bertz CT molecular complexity index is 284. The number of hydrogen-bond donors (Lipinski definition) is 0. The van der Waals surface area contributed by atoms with Gasteiger partial charge in [0.2, 0.25) is 5.91 Å². The SMILES string of the molecule is CN1C(=O)CC[C@@H]1OS(C)(=O)=O. The number of rotatable bonds is 2. The summed E-state index contributed by atoms with van der Waals surface area (Å²) < 4.78 is 26.0. The van der Waals surface area contributed by atoms with Crippen LogP contribution in [0, 0.1) is 0 Å². The molecule has 1 heterocycles. The van der Waals surface area contributed by atoms with E-state index >= 15 is 0 Å². The van der Waals surface area contributed by atoms with Crippen molar-refractivity contribution in [2.75, 3.05) is 13.3 Å². The third kappa shape index (κ3) is 2.18. The maximum absolute atomic E-state index is 10.9. The lowest BCUT2D eigenvalue weighted by Gasteiger charge is -2.17. The molecule has 5 nitrogen and oxygen atoms in total. The van der Waals surface area contributed by atoms with Crippen LogP contribution in [0.2, 0.25) is 0 Å². The summed E-state index contributed by atoms with van der Waals surface area (Å²) in [6.07, 6.45) is 1.18. The molecule has 12 heavy (non-hydrogen) atoms. The van der Waals surface area contributed by atoms with Crippen molar-refractivity contribution < 1.29 is 17.4 Å². The van der Waals surface area contributed by atoms with Crippen molar-refractivity contribution in [3.8, 4) is 0 Å². The van der Waals surface area contributed by atoms with E-state index in [0.717, 1.165) is 6.26 Å². The van der Waals surface area contributed by atoms with E-state index in [1.54, 1.807) is 0 Å². The standard InChI is InChI=1S/C6H11NO4S/c1-7-5(8)3-4-6(7)11-12(2,9)10/h6H,3-4H2,1-2H3/t6-/m0/s1. The monoisotopic (exact) mass is 193 g/mol. The highest BCUT2D eigenvalue weighted by molar-refractivity contribution is 7.86. The number of carbonyl (C=O) groups excluding carboxylic acids is 1. The lowest BCUT2D eigenvalue weighted by molar-refractivity contribution is -0.130. The highest BCUT2D eigenvalue weighted by Gasteiger charge is 2.30. The van der Waals surface area contributed by atoms with Crippen molar-refractivity contribution >= 4 is 16.0 Å². The number of amides is 1. The van der Waals surface area contributed by atoms with Crippen LogP contribution in [0.3, 0.4) is 0 Å². The molecule has 70 valence electrons. The zero-order valence-corrected chi connectivity index (χ0v) is 7.80. The highest BCUT2D eigenvalue weighted by Crippen LogP contribution is 2.18. The second-order valence-corrected chi connectivity index (χ2v) is 4.40. The molecule has 0 spiro atoms. The average molecular weight is 193 g/mol. The van der Waals surface area contributed by atoms with Gasteiger partial charge in [0, 0.05) is 19.9 Å². The van der Waals surface area contributed by atoms with E-state index in [1.165, 1.54) is 11.9 Å². The van der Waals surface area contributed by atoms with E-state index in [0.29, 0.717) is 12.8 Å². The molecule has 0 aromatic carbocycles. The molecule has 0 N–H and O–H groups in total. The lowest BCUT2D eigenvalue weighted by Crippen LogP contribution is -2.32.